The summed E-state index contributed by atoms with van der Waals surface area (Å²) in [6.45, 7) is 7.33. The Balaban J connectivity index is 0.000000168. The van der Waals surface area contributed by atoms with Crippen LogP contribution in [0.25, 0.3) is 4.85 Å². The zero-order chi connectivity index (χ0) is 24.9. The third kappa shape index (κ3) is 5.29. The van der Waals surface area contributed by atoms with Gasteiger partial charge in [-0.05, 0) is 74.2 Å². The first-order valence-corrected chi connectivity index (χ1v) is 12.2. The van der Waals surface area contributed by atoms with Gasteiger partial charge < -0.3 is 5.32 Å². The molecule has 2 aromatic carbocycles. The molecule has 8 heteroatoms. The van der Waals surface area contributed by atoms with Crippen LogP contribution in [0, 0.1) is 18.2 Å². The Morgan fingerprint density at radius 2 is 1.31 bits per heavy atom. The Bertz CT molecular complexity index is 1080. The minimum absolute atomic E-state index is 0.221. The molecule has 35 heavy (non-hydrogen) atoms. The molecule has 3 aliphatic rings. The summed E-state index contributed by atoms with van der Waals surface area (Å²) in [4.78, 5) is 29.5. The van der Waals surface area contributed by atoms with Crippen LogP contribution in [0.3, 0.4) is 0 Å². The molecule has 1 heterocycles. The fourth-order valence-corrected chi connectivity index (χ4v) is 5.31. The van der Waals surface area contributed by atoms with Crippen LogP contribution in [-0.2, 0) is 4.79 Å². The summed E-state index contributed by atoms with van der Waals surface area (Å²) >= 11 is 0. The van der Waals surface area contributed by atoms with Crippen molar-refractivity contribution in [2.75, 3.05) is 10.2 Å². The van der Waals surface area contributed by atoms with Gasteiger partial charge in [0, 0.05) is 24.2 Å². The molecule has 1 spiro atoms. The molecule has 0 aromatic heterocycles. The maximum atomic E-state index is 13.0. The standard InChI is InChI=1S/C14H15FN2O2.C13H15FN2/c15-10-4-6-11(7-5-10)17-13(19)16-12(18)14(17)8-2-1-3-9-14;1-15-13(9-3-2-4-10-13)16-12-7-5-11(14)6-8-12/h4-7H,1-3,8-9H2,(H,16,18,19);5-8,16H,2-4,9-10H2. The molecular formula is C27H30F2N4O2. The zero-order valence-corrected chi connectivity index (χ0v) is 19.7. The fraction of sp³-hybridized carbons (Fsp3) is 0.444. The number of nitrogens with zero attached hydrogens (tertiary/aromatic N) is 2. The molecule has 184 valence electrons. The van der Waals surface area contributed by atoms with Gasteiger partial charge >= 0.3 is 11.7 Å². The monoisotopic (exact) mass is 480 g/mol. The Hall–Kier alpha value is -3.47. The molecule has 3 fully saturated rings. The van der Waals surface area contributed by atoms with Gasteiger partial charge in [0.25, 0.3) is 5.91 Å². The van der Waals surface area contributed by atoms with Crippen LogP contribution in [0.4, 0.5) is 25.0 Å². The van der Waals surface area contributed by atoms with E-state index in [1.165, 1.54) is 35.6 Å². The lowest BCUT2D eigenvalue weighted by Gasteiger charge is -2.38. The quantitative estimate of drug-likeness (QED) is 0.395. The zero-order valence-electron chi connectivity index (χ0n) is 19.7. The number of urea groups is 1. The van der Waals surface area contributed by atoms with E-state index in [9.17, 15) is 18.4 Å². The van der Waals surface area contributed by atoms with Gasteiger partial charge in [0.05, 0.1) is 0 Å². The van der Waals surface area contributed by atoms with Crippen molar-refractivity contribution in [3.05, 3.63) is 71.6 Å². The van der Waals surface area contributed by atoms with Crippen molar-refractivity contribution in [2.24, 2.45) is 0 Å². The maximum Gasteiger partial charge on any atom is 0.329 e. The summed E-state index contributed by atoms with van der Waals surface area (Å²) in [6.07, 6.45) is 9.44. The van der Waals surface area contributed by atoms with Gasteiger partial charge in [-0.1, -0.05) is 25.7 Å². The molecule has 2 aliphatic carbocycles. The van der Waals surface area contributed by atoms with Crippen molar-refractivity contribution < 1.29 is 18.4 Å². The molecule has 2 N–H and O–H groups in total. The van der Waals surface area contributed by atoms with E-state index in [4.69, 9.17) is 6.57 Å². The maximum absolute atomic E-state index is 13.0. The van der Waals surface area contributed by atoms with Gasteiger partial charge in [-0.2, -0.15) is 0 Å². The number of benzene rings is 2. The van der Waals surface area contributed by atoms with E-state index in [1.54, 1.807) is 24.3 Å². The molecule has 1 saturated heterocycles. The van der Waals surface area contributed by atoms with Crippen LogP contribution in [-0.4, -0.2) is 23.1 Å². The second-order valence-electron chi connectivity index (χ2n) is 9.50. The third-order valence-corrected chi connectivity index (χ3v) is 7.16. The molecular weight excluding hydrogens is 450 g/mol. The van der Waals surface area contributed by atoms with Crippen LogP contribution < -0.4 is 15.5 Å². The number of halogens is 2. The van der Waals surface area contributed by atoms with Crippen molar-refractivity contribution in [3.63, 3.8) is 0 Å². The van der Waals surface area contributed by atoms with Crippen LogP contribution in [0.2, 0.25) is 0 Å². The van der Waals surface area contributed by atoms with Crippen molar-refractivity contribution >= 4 is 23.3 Å². The van der Waals surface area contributed by atoms with Crippen molar-refractivity contribution in [1.29, 1.82) is 0 Å². The second kappa shape index (κ2) is 10.4. The molecule has 0 radical (unpaired) electrons. The highest BCUT2D eigenvalue weighted by molar-refractivity contribution is 6.16. The lowest BCUT2D eigenvalue weighted by atomic mass is 9.80. The molecule has 0 unspecified atom stereocenters. The van der Waals surface area contributed by atoms with Gasteiger partial charge in [0.1, 0.15) is 17.2 Å². The predicted octanol–water partition coefficient (Wildman–Crippen LogP) is 6.40. The molecule has 0 atom stereocenters. The second-order valence-corrected chi connectivity index (χ2v) is 9.50. The number of amides is 3. The van der Waals surface area contributed by atoms with E-state index < -0.39 is 17.2 Å². The number of carbonyl (C=O) groups excluding carboxylic acids is 2. The molecule has 1 aliphatic heterocycles. The van der Waals surface area contributed by atoms with E-state index in [2.05, 4.69) is 15.5 Å². The Kier molecular flexibility index (Phi) is 7.34. The SMILES string of the molecule is O=C1NC(=O)C2(CCCCC2)N1c1ccc(F)cc1.[C-]#[N+]C1(Nc2ccc(F)cc2)CCCCC1. The van der Waals surface area contributed by atoms with E-state index in [1.807, 2.05) is 0 Å². The van der Waals surface area contributed by atoms with E-state index in [0.29, 0.717) is 18.5 Å². The fourth-order valence-electron chi connectivity index (χ4n) is 5.31. The lowest BCUT2D eigenvalue weighted by molar-refractivity contribution is -0.124. The molecule has 5 rings (SSSR count). The summed E-state index contributed by atoms with van der Waals surface area (Å²) in [5.74, 6) is -0.819. The van der Waals surface area contributed by atoms with E-state index >= 15 is 0 Å². The van der Waals surface area contributed by atoms with Gasteiger partial charge in [-0.15, -0.1) is 0 Å². The van der Waals surface area contributed by atoms with Gasteiger partial charge in [-0.3, -0.25) is 19.9 Å². The first-order valence-electron chi connectivity index (χ1n) is 12.2. The van der Waals surface area contributed by atoms with Crippen LogP contribution in [0.15, 0.2) is 48.5 Å². The first-order chi connectivity index (χ1) is 16.9. The van der Waals surface area contributed by atoms with Gasteiger partial charge in [0.2, 0.25) is 0 Å². The van der Waals surface area contributed by atoms with Crippen LogP contribution >= 0.6 is 0 Å². The largest absolute Gasteiger partial charge is 0.329 e. The normalized spacial score (nSPS) is 20.4. The first kappa shape index (κ1) is 24.6. The van der Waals surface area contributed by atoms with Gasteiger partial charge in [0.15, 0.2) is 0 Å². The number of hydrogen-bond donors (Lipinski definition) is 2. The Morgan fingerprint density at radius 3 is 1.86 bits per heavy atom. The van der Waals surface area contributed by atoms with E-state index in [-0.39, 0.29) is 17.5 Å². The molecule has 6 nitrogen and oxygen atoms in total. The van der Waals surface area contributed by atoms with Crippen LogP contribution in [0.1, 0.15) is 64.2 Å². The highest BCUT2D eigenvalue weighted by Crippen LogP contribution is 2.40. The summed E-state index contributed by atoms with van der Waals surface area (Å²) in [5, 5.41) is 5.65. The topological polar surface area (TPSA) is 65.8 Å². The number of hydrogen-bond acceptors (Lipinski definition) is 3. The average molecular weight is 481 g/mol. The molecule has 3 amide bonds. The summed E-state index contributed by atoms with van der Waals surface area (Å²) in [5.41, 5.74) is 0.175. The summed E-state index contributed by atoms with van der Waals surface area (Å²) in [7, 11) is 0. The Labute approximate surface area is 204 Å². The number of nitrogens with one attached hydrogen (secondary N) is 2. The highest BCUT2D eigenvalue weighted by atomic mass is 19.1. The minimum Gasteiger partial charge on any atom is -0.314 e. The number of carbonyl (C=O) groups is 2. The lowest BCUT2D eigenvalue weighted by Crippen LogP contribution is -2.51. The predicted molar refractivity (Wildman–Crippen MR) is 131 cm³/mol. The molecule has 2 aromatic rings. The number of rotatable bonds is 3. The number of anilines is 2. The average Bonchev–Trinajstić information content (AvgIpc) is 3.11. The van der Waals surface area contributed by atoms with Crippen LogP contribution in [0.5, 0.6) is 0 Å². The van der Waals surface area contributed by atoms with Crippen molar-refractivity contribution in [1.82, 2.24) is 5.32 Å². The van der Waals surface area contributed by atoms with Gasteiger partial charge in [-0.25, -0.2) is 20.1 Å². The molecule has 0 bridgehead atoms. The molecule has 2 saturated carbocycles. The smallest absolute Gasteiger partial charge is 0.314 e. The summed E-state index contributed by atoms with van der Waals surface area (Å²) < 4.78 is 25.7. The summed E-state index contributed by atoms with van der Waals surface area (Å²) in [6, 6.07) is 11.5. The minimum atomic E-state index is -0.771. The Morgan fingerprint density at radius 1 is 0.800 bits per heavy atom. The van der Waals surface area contributed by atoms with Crippen molar-refractivity contribution in [3.8, 4) is 0 Å². The van der Waals surface area contributed by atoms with E-state index in [0.717, 1.165) is 50.6 Å². The highest BCUT2D eigenvalue weighted by Gasteiger charge is 2.53. The third-order valence-electron chi connectivity index (χ3n) is 7.16. The number of imide groups is 1. The van der Waals surface area contributed by atoms with Crippen molar-refractivity contribution in [2.45, 2.75) is 75.4 Å².